The second-order valence-electron chi connectivity index (χ2n) is 7.12. The Bertz CT molecular complexity index is 1190. The Hall–Kier alpha value is -2.84. The number of benzene rings is 2. The summed E-state index contributed by atoms with van der Waals surface area (Å²) in [5.74, 6) is -0.703. The zero-order chi connectivity index (χ0) is 22.0. The number of primary amides is 1. The Balaban J connectivity index is 2.24. The molecule has 0 aliphatic heterocycles. The summed E-state index contributed by atoms with van der Waals surface area (Å²) in [5, 5.41) is 2.60. The van der Waals surface area contributed by atoms with Gasteiger partial charge in [0.1, 0.15) is 0 Å². The van der Waals surface area contributed by atoms with E-state index in [1.807, 2.05) is 45.0 Å². The number of imide groups is 1. The number of para-hydroxylation sites is 1. The lowest BCUT2D eigenvalue weighted by Gasteiger charge is -2.21. The van der Waals surface area contributed by atoms with Gasteiger partial charge in [0, 0.05) is 5.02 Å². The first-order chi connectivity index (χ1) is 14.2. The standard InChI is InChI=1S/C21H21ClN4O3S/c1-11(2)17(18(27)25-20(23)29)30-21-24-15-10-13(22)8-9-14(15)19(28)26(21)16-7-5-4-6-12(16)3/h4-11,17H,1-3H3,(H3,23,25,27,29). The first-order valence-corrected chi connectivity index (χ1v) is 10.5. The maximum atomic E-state index is 13.4. The molecule has 1 aromatic heterocycles. The van der Waals surface area contributed by atoms with Gasteiger partial charge in [-0.3, -0.25) is 19.5 Å². The highest BCUT2D eigenvalue weighted by Gasteiger charge is 2.27. The van der Waals surface area contributed by atoms with Gasteiger partial charge in [-0.05, 0) is 42.7 Å². The zero-order valence-corrected chi connectivity index (χ0v) is 18.3. The topological polar surface area (TPSA) is 107 Å². The van der Waals surface area contributed by atoms with Crippen molar-refractivity contribution in [1.29, 1.82) is 0 Å². The number of rotatable bonds is 5. The highest BCUT2D eigenvalue weighted by molar-refractivity contribution is 8.00. The lowest BCUT2D eigenvalue weighted by molar-refractivity contribution is -0.120. The summed E-state index contributed by atoms with van der Waals surface area (Å²) in [7, 11) is 0. The van der Waals surface area contributed by atoms with Crippen molar-refractivity contribution >= 4 is 46.2 Å². The number of fused-ring (bicyclic) bond motifs is 1. The van der Waals surface area contributed by atoms with E-state index in [9.17, 15) is 14.4 Å². The minimum absolute atomic E-state index is 0.161. The number of urea groups is 1. The molecule has 1 unspecified atom stereocenters. The molecule has 0 fully saturated rings. The van der Waals surface area contributed by atoms with Gasteiger partial charge in [0.05, 0.1) is 21.8 Å². The molecule has 0 radical (unpaired) electrons. The molecule has 1 atom stereocenters. The smallest absolute Gasteiger partial charge is 0.318 e. The molecule has 2 aromatic carbocycles. The molecule has 3 rings (SSSR count). The van der Waals surface area contributed by atoms with Crippen LogP contribution in [0.5, 0.6) is 0 Å². The van der Waals surface area contributed by atoms with Crippen LogP contribution in [0.15, 0.2) is 52.4 Å². The van der Waals surface area contributed by atoms with E-state index in [0.29, 0.717) is 26.8 Å². The van der Waals surface area contributed by atoms with Crippen molar-refractivity contribution in [2.75, 3.05) is 0 Å². The van der Waals surface area contributed by atoms with Crippen LogP contribution < -0.4 is 16.6 Å². The van der Waals surface area contributed by atoms with E-state index >= 15 is 0 Å². The van der Waals surface area contributed by atoms with Gasteiger partial charge in [-0.1, -0.05) is 55.4 Å². The van der Waals surface area contributed by atoms with Crippen molar-refractivity contribution < 1.29 is 9.59 Å². The second kappa shape index (κ2) is 8.89. The summed E-state index contributed by atoms with van der Waals surface area (Å²) in [6.07, 6.45) is 0. The third kappa shape index (κ3) is 4.49. The molecule has 3 amide bonds. The molecule has 0 bridgehead atoms. The van der Waals surface area contributed by atoms with Crippen LogP contribution in [0.4, 0.5) is 4.79 Å². The van der Waals surface area contributed by atoms with Crippen molar-refractivity contribution in [2.45, 2.75) is 31.2 Å². The zero-order valence-electron chi connectivity index (χ0n) is 16.7. The molecule has 7 nitrogen and oxygen atoms in total. The van der Waals surface area contributed by atoms with Gasteiger partial charge >= 0.3 is 6.03 Å². The molecule has 0 aliphatic carbocycles. The molecular formula is C21H21ClN4O3S. The van der Waals surface area contributed by atoms with Crippen molar-refractivity contribution in [2.24, 2.45) is 11.7 Å². The van der Waals surface area contributed by atoms with Gasteiger partial charge in [0.25, 0.3) is 5.56 Å². The monoisotopic (exact) mass is 444 g/mol. The van der Waals surface area contributed by atoms with E-state index in [4.69, 9.17) is 17.3 Å². The van der Waals surface area contributed by atoms with Crippen LogP contribution in [0.3, 0.4) is 0 Å². The van der Waals surface area contributed by atoms with E-state index in [-0.39, 0.29) is 11.5 Å². The number of aryl methyl sites for hydroxylation is 1. The van der Waals surface area contributed by atoms with E-state index in [0.717, 1.165) is 17.3 Å². The number of aromatic nitrogens is 2. The molecule has 0 saturated heterocycles. The number of carbonyl (C=O) groups is 2. The van der Waals surface area contributed by atoms with Crippen LogP contribution in [-0.4, -0.2) is 26.7 Å². The highest BCUT2D eigenvalue weighted by atomic mass is 35.5. The Labute approximate surface area is 182 Å². The molecule has 9 heteroatoms. The normalized spacial score (nSPS) is 12.2. The fourth-order valence-electron chi connectivity index (χ4n) is 3.04. The van der Waals surface area contributed by atoms with E-state index in [1.54, 1.807) is 18.2 Å². The minimum atomic E-state index is -0.930. The number of halogens is 1. The summed E-state index contributed by atoms with van der Waals surface area (Å²) < 4.78 is 1.49. The molecule has 0 aliphatic rings. The number of hydrogen-bond donors (Lipinski definition) is 2. The fraction of sp³-hybridized carbons (Fsp3) is 0.238. The molecule has 156 valence electrons. The van der Waals surface area contributed by atoms with Gasteiger partial charge in [-0.25, -0.2) is 9.78 Å². The Kier molecular flexibility index (Phi) is 6.48. The molecule has 3 aromatic rings. The highest BCUT2D eigenvalue weighted by Crippen LogP contribution is 2.30. The molecule has 30 heavy (non-hydrogen) atoms. The van der Waals surface area contributed by atoms with Gasteiger partial charge < -0.3 is 5.73 Å². The Morgan fingerprint density at radius 1 is 1.20 bits per heavy atom. The minimum Gasteiger partial charge on any atom is -0.351 e. The number of nitrogens with one attached hydrogen (secondary N) is 1. The number of hydrogen-bond acceptors (Lipinski definition) is 5. The molecule has 0 spiro atoms. The molecule has 3 N–H and O–H groups in total. The summed E-state index contributed by atoms with van der Waals surface area (Å²) in [5.41, 5.74) is 6.81. The fourth-order valence-corrected chi connectivity index (χ4v) is 4.31. The van der Waals surface area contributed by atoms with Gasteiger partial charge in [-0.15, -0.1) is 0 Å². The Morgan fingerprint density at radius 2 is 1.90 bits per heavy atom. The lowest BCUT2D eigenvalue weighted by Crippen LogP contribution is -2.42. The maximum absolute atomic E-state index is 13.4. The summed E-state index contributed by atoms with van der Waals surface area (Å²) in [6.45, 7) is 5.57. The average Bonchev–Trinajstić information content (AvgIpc) is 2.66. The first kappa shape index (κ1) is 21.9. The third-order valence-electron chi connectivity index (χ3n) is 4.50. The quantitative estimate of drug-likeness (QED) is 0.461. The Morgan fingerprint density at radius 3 is 2.53 bits per heavy atom. The van der Waals surface area contributed by atoms with Crippen molar-refractivity contribution in [3.05, 3.63) is 63.4 Å². The van der Waals surface area contributed by atoms with Gasteiger partial charge in [-0.2, -0.15) is 0 Å². The van der Waals surface area contributed by atoms with Gasteiger partial charge in [0.2, 0.25) is 5.91 Å². The number of carbonyl (C=O) groups excluding carboxylic acids is 2. The van der Waals surface area contributed by atoms with Crippen LogP contribution in [0.25, 0.3) is 16.6 Å². The van der Waals surface area contributed by atoms with Crippen LogP contribution in [0, 0.1) is 12.8 Å². The van der Waals surface area contributed by atoms with E-state index in [2.05, 4.69) is 10.3 Å². The van der Waals surface area contributed by atoms with Crippen LogP contribution >= 0.6 is 23.4 Å². The molecule has 0 saturated carbocycles. The van der Waals surface area contributed by atoms with Crippen molar-refractivity contribution in [3.63, 3.8) is 0 Å². The average molecular weight is 445 g/mol. The van der Waals surface area contributed by atoms with E-state index in [1.165, 1.54) is 4.57 Å². The summed E-state index contributed by atoms with van der Waals surface area (Å²) >= 11 is 7.20. The molecule has 1 heterocycles. The van der Waals surface area contributed by atoms with Crippen molar-refractivity contribution in [3.8, 4) is 5.69 Å². The maximum Gasteiger partial charge on any atom is 0.318 e. The van der Waals surface area contributed by atoms with Crippen LogP contribution in [-0.2, 0) is 4.79 Å². The van der Waals surface area contributed by atoms with E-state index < -0.39 is 17.2 Å². The summed E-state index contributed by atoms with van der Waals surface area (Å²) in [6, 6.07) is 11.4. The number of amides is 3. The number of nitrogens with two attached hydrogens (primary N) is 1. The largest absolute Gasteiger partial charge is 0.351 e. The molecular weight excluding hydrogens is 424 g/mol. The predicted octanol–water partition coefficient (Wildman–Crippen LogP) is 3.66. The van der Waals surface area contributed by atoms with Gasteiger partial charge in [0.15, 0.2) is 5.16 Å². The second-order valence-corrected chi connectivity index (χ2v) is 8.66. The lowest BCUT2D eigenvalue weighted by atomic mass is 10.1. The number of thioether (sulfide) groups is 1. The predicted molar refractivity (Wildman–Crippen MR) is 119 cm³/mol. The van der Waals surface area contributed by atoms with Crippen LogP contribution in [0.2, 0.25) is 5.02 Å². The summed E-state index contributed by atoms with van der Waals surface area (Å²) in [4.78, 5) is 41.8. The SMILES string of the molecule is Cc1ccccc1-n1c(SC(C(=O)NC(N)=O)C(C)C)nc2cc(Cl)ccc2c1=O. The first-order valence-electron chi connectivity index (χ1n) is 9.24. The number of nitrogens with zero attached hydrogens (tertiary/aromatic N) is 2. The van der Waals surface area contributed by atoms with Crippen molar-refractivity contribution in [1.82, 2.24) is 14.9 Å². The van der Waals surface area contributed by atoms with Crippen LogP contribution in [0.1, 0.15) is 19.4 Å². The third-order valence-corrected chi connectivity index (χ3v) is 6.23.